The van der Waals surface area contributed by atoms with Crippen LogP contribution >= 0.6 is 0 Å². The molecule has 20 heavy (non-hydrogen) atoms. The lowest BCUT2D eigenvalue weighted by molar-refractivity contribution is -0.136. The number of amides is 2. The summed E-state index contributed by atoms with van der Waals surface area (Å²) in [6, 6.07) is 14.2. The molecule has 0 radical (unpaired) electrons. The van der Waals surface area contributed by atoms with E-state index in [4.69, 9.17) is 0 Å². The fourth-order valence-electron chi connectivity index (χ4n) is 2.26. The van der Waals surface area contributed by atoms with Crippen LogP contribution in [0, 0.1) is 0 Å². The maximum absolute atomic E-state index is 12.3. The van der Waals surface area contributed by atoms with Crippen LogP contribution in [0.1, 0.15) is 22.0 Å². The summed E-state index contributed by atoms with van der Waals surface area (Å²) >= 11 is 0. The zero-order valence-electron chi connectivity index (χ0n) is 10.5. The van der Waals surface area contributed by atoms with Gasteiger partial charge in [0.05, 0.1) is 11.3 Å². The number of benzene rings is 2. The molecule has 1 aliphatic rings. The van der Waals surface area contributed by atoms with E-state index in [-0.39, 0.29) is 5.56 Å². The number of hydroxylamine groups is 2. The van der Waals surface area contributed by atoms with E-state index < -0.39 is 17.9 Å². The van der Waals surface area contributed by atoms with Crippen molar-refractivity contribution in [3.8, 4) is 0 Å². The van der Waals surface area contributed by atoms with Crippen molar-refractivity contribution < 1.29 is 14.8 Å². The van der Waals surface area contributed by atoms with Crippen molar-refractivity contribution in [1.29, 1.82) is 0 Å². The number of hydrogen-bond donors (Lipinski definition) is 2. The summed E-state index contributed by atoms with van der Waals surface area (Å²) in [5.41, 5.74) is 1.22. The first-order valence-corrected chi connectivity index (χ1v) is 6.16. The standard InChI is InChI=1S/C15H12N2O3/c18-14-13(10-6-2-1-3-7-10)17(20)15(19)11-8-4-5-9-12(11)16-14/h1-9,13,20H,(H,16,18)/t13-/m1/s1. The Morgan fingerprint density at radius 1 is 0.950 bits per heavy atom. The van der Waals surface area contributed by atoms with Crippen LogP contribution in [-0.2, 0) is 4.79 Å². The van der Waals surface area contributed by atoms with Crippen LogP contribution in [0.4, 0.5) is 5.69 Å². The van der Waals surface area contributed by atoms with Crippen molar-refractivity contribution in [2.24, 2.45) is 0 Å². The predicted molar refractivity (Wildman–Crippen MR) is 72.2 cm³/mol. The number of rotatable bonds is 1. The van der Waals surface area contributed by atoms with Crippen LogP contribution in [0.2, 0.25) is 0 Å². The van der Waals surface area contributed by atoms with E-state index in [1.807, 2.05) is 0 Å². The van der Waals surface area contributed by atoms with Gasteiger partial charge in [-0.25, -0.2) is 5.06 Å². The molecule has 0 aliphatic carbocycles. The zero-order valence-corrected chi connectivity index (χ0v) is 10.5. The number of hydrogen-bond acceptors (Lipinski definition) is 3. The number of carbonyl (C=O) groups excluding carboxylic acids is 2. The van der Waals surface area contributed by atoms with Crippen molar-refractivity contribution in [2.45, 2.75) is 6.04 Å². The molecule has 5 nitrogen and oxygen atoms in total. The smallest absolute Gasteiger partial charge is 0.280 e. The molecule has 0 unspecified atom stereocenters. The minimum Gasteiger partial charge on any atom is -0.323 e. The fraction of sp³-hybridized carbons (Fsp3) is 0.0667. The summed E-state index contributed by atoms with van der Waals surface area (Å²) in [7, 11) is 0. The minimum absolute atomic E-state index is 0.266. The third-order valence-electron chi connectivity index (χ3n) is 3.23. The quantitative estimate of drug-likeness (QED) is 0.779. The van der Waals surface area contributed by atoms with E-state index in [9.17, 15) is 14.8 Å². The van der Waals surface area contributed by atoms with Crippen LogP contribution < -0.4 is 5.32 Å². The predicted octanol–water partition coefficient (Wildman–Crippen LogP) is 2.21. The Balaban J connectivity index is 2.08. The molecule has 2 amide bonds. The van der Waals surface area contributed by atoms with Crippen molar-refractivity contribution in [3.63, 3.8) is 0 Å². The second-order valence-corrected chi connectivity index (χ2v) is 4.50. The van der Waals surface area contributed by atoms with Crippen molar-refractivity contribution in [1.82, 2.24) is 5.06 Å². The zero-order chi connectivity index (χ0) is 14.1. The van der Waals surface area contributed by atoms with E-state index in [0.29, 0.717) is 16.3 Å². The lowest BCUT2D eigenvalue weighted by Gasteiger charge is -2.22. The molecule has 0 fully saturated rings. The van der Waals surface area contributed by atoms with Gasteiger partial charge >= 0.3 is 0 Å². The molecule has 2 N–H and O–H groups in total. The highest BCUT2D eigenvalue weighted by molar-refractivity contribution is 6.09. The highest BCUT2D eigenvalue weighted by Gasteiger charge is 2.35. The summed E-state index contributed by atoms with van der Waals surface area (Å²) in [5.74, 6) is -1.05. The average molecular weight is 268 g/mol. The lowest BCUT2D eigenvalue weighted by atomic mass is 10.1. The second-order valence-electron chi connectivity index (χ2n) is 4.50. The number of carbonyl (C=O) groups is 2. The van der Waals surface area contributed by atoms with Gasteiger partial charge in [0.15, 0.2) is 6.04 Å². The highest BCUT2D eigenvalue weighted by atomic mass is 16.5. The largest absolute Gasteiger partial charge is 0.323 e. The number of anilines is 1. The Morgan fingerprint density at radius 2 is 1.60 bits per heavy atom. The van der Waals surface area contributed by atoms with Crippen molar-refractivity contribution >= 4 is 17.5 Å². The maximum Gasteiger partial charge on any atom is 0.280 e. The maximum atomic E-state index is 12.3. The molecule has 0 saturated heterocycles. The van der Waals surface area contributed by atoms with E-state index in [0.717, 1.165) is 0 Å². The van der Waals surface area contributed by atoms with Gasteiger partial charge < -0.3 is 5.32 Å². The molecule has 0 aromatic heterocycles. The number of para-hydroxylation sites is 1. The van der Waals surface area contributed by atoms with Crippen LogP contribution in [0.3, 0.4) is 0 Å². The van der Waals surface area contributed by atoms with Crippen LogP contribution in [0.5, 0.6) is 0 Å². The van der Waals surface area contributed by atoms with E-state index in [2.05, 4.69) is 5.32 Å². The molecule has 3 rings (SSSR count). The molecule has 0 bridgehead atoms. The fourth-order valence-corrected chi connectivity index (χ4v) is 2.26. The second kappa shape index (κ2) is 4.79. The highest BCUT2D eigenvalue weighted by Crippen LogP contribution is 2.29. The van der Waals surface area contributed by atoms with Crippen molar-refractivity contribution in [3.05, 3.63) is 65.7 Å². The Morgan fingerprint density at radius 3 is 2.35 bits per heavy atom. The molecule has 100 valence electrons. The van der Waals surface area contributed by atoms with Crippen LogP contribution in [0.15, 0.2) is 54.6 Å². The first kappa shape index (κ1) is 12.4. The van der Waals surface area contributed by atoms with Gasteiger partial charge in [0, 0.05) is 0 Å². The molecule has 5 heteroatoms. The van der Waals surface area contributed by atoms with Crippen molar-refractivity contribution in [2.75, 3.05) is 5.32 Å². The van der Waals surface area contributed by atoms with Gasteiger partial charge in [-0.2, -0.15) is 0 Å². The van der Waals surface area contributed by atoms with Gasteiger partial charge in [0.2, 0.25) is 0 Å². The Kier molecular flexibility index (Phi) is 2.96. The average Bonchev–Trinajstić information content (AvgIpc) is 2.56. The first-order chi connectivity index (χ1) is 9.68. The Bertz CT molecular complexity index is 670. The third kappa shape index (κ3) is 1.94. The molecular weight excluding hydrogens is 256 g/mol. The van der Waals surface area contributed by atoms with Gasteiger partial charge in [0.1, 0.15) is 0 Å². The molecule has 2 aromatic rings. The van der Waals surface area contributed by atoms with Gasteiger partial charge in [0.25, 0.3) is 11.8 Å². The molecule has 2 aromatic carbocycles. The Hall–Kier alpha value is -2.66. The molecule has 1 heterocycles. The topological polar surface area (TPSA) is 69.6 Å². The van der Waals surface area contributed by atoms with Crippen LogP contribution in [0.25, 0.3) is 0 Å². The summed E-state index contributed by atoms with van der Waals surface area (Å²) < 4.78 is 0. The molecule has 0 spiro atoms. The number of fused-ring (bicyclic) bond motifs is 1. The molecule has 1 aliphatic heterocycles. The van der Waals surface area contributed by atoms with Gasteiger partial charge in [-0.1, -0.05) is 42.5 Å². The van der Waals surface area contributed by atoms with E-state index in [1.165, 1.54) is 0 Å². The van der Waals surface area contributed by atoms with Gasteiger partial charge in [-0.15, -0.1) is 0 Å². The van der Waals surface area contributed by atoms with Crippen LogP contribution in [-0.4, -0.2) is 22.1 Å². The SMILES string of the molecule is O=C1Nc2ccccc2C(=O)N(O)[C@@H]1c1ccccc1. The molecule has 0 saturated carbocycles. The number of nitrogens with zero attached hydrogens (tertiary/aromatic N) is 1. The Labute approximate surface area is 115 Å². The summed E-state index contributed by atoms with van der Waals surface area (Å²) in [6.07, 6.45) is 0. The van der Waals surface area contributed by atoms with Gasteiger partial charge in [-0.3, -0.25) is 14.8 Å². The van der Waals surface area contributed by atoms with E-state index in [1.54, 1.807) is 54.6 Å². The summed E-state index contributed by atoms with van der Waals surface area (Å²) in [6.45, 7) is 0. The molecule has 1 atom stereocenters. The summed E-state index contributed by atoms with van der Waals surface area (Å²) in [4.78, 5) is 24.5. The monoisotopic (exact) mass is 268 g/mol. The lowest BCUT2D eigenvalue weighted by Crippen LogP contribution is -2.36. The normalized spacial score (nSPS) is 18.2. The minimum atomic E-state index is -1.06. The third-order valence-corrected chi connectivity index (χ3v) is 3.23. The number of nitrogens with one attached hydrogen (secondary N) is 1. The van der Waals surface area contributed by atoms with E-state index >= 15 is 0 Å². The van der Waals surface area contributed by atoms with Gasteiger partial charge in [-0.05, 0) is 17.7 Å². The first-order valence-electron chi connectivity index (χ1n) is 6.16. The molecular formula is C15H12N2O3. The summed E-state index contributed by atoms with van der Waals surface area (Å²) in [5, 5.41) is 13.3.